The minimum absolute atomic E-state index is 0.00537. The molecule has 39 heavy (non-hydrogen) atoms. The lowest BCUT2D eigenvalue weighted by molar-refractivity contribution is -0.141. The summed E-state index contributed by atoms with van der Waals surface area (Å²) in [4.78, 5) is 28.7. The molecule has 1 N–H and O–H groups in total. The van der Waals surface area contributed by atoms with Crippen molar-refractivity contribution in [2.45, 2.75) is 70.0 Å². The largest absolute Gasteiger partial charge is 0.497 e. The second-order valence-electron chi connectivity index (χ2n) is 9.92. The highest BCUT2D eigenvalue weighted by Crippen LogP contribution is 2.42. The zero-order chi connectivity index (χ0) is 28.2. The first-order valence-electron chi connectivity index (χ1n) is 13.5. The van der Waals surface area contributed by atoms with Gasteiger partial charge in [0.15, 0.2) is 0 Å². The number of ether oxygens (including phenoxy) is 1. The number of benzene rings is 3. The molecule has 3 aromatic rings. The van der Waals surface area contributed by atoms with E-state index in [4.69, 9.17) is 4.74 Å². The molecule has 0 saturated heterocycles. The molecular formula is C30H37N3O5S. The number of sulfonamides is 1. The Labute approximate surface area is 231 Å². The zero-order valence-corrected chi connectivity index (χ0v) is 23.8. The highest BCUT2D eigenvalue weighted by atomic mass is 32.2. The van der Waals surface area contributed by atoms with Crippen LogP contribution in [0.5, 0.6) is 5.75 Å². The minimum atomic E-state index is -3.69. The van der Waals surface area contributed by atoms with E-state index in [9.17, 15) is 18.0 Å². The molecule has 0 radical (unpaired) electrons. The molecule has 0 spiro atoms. The lowest BCUT2D eigenvalue weighted by atomic mass is 10.1. The summed E-state index contributed by atoms with van der Waals surface area (Å²) >= 11 is 0. The second kappa shape index (κ2) is 12.1. The van der Waals surface area contributed by atoms with E-state index in [1.165, 1.54) is 4.31 Å². The van der Waals surface area contributed by atoms with Crippen molar-refractivity contribution in [1.29, 1.82) is 0 Å². The quantitative estimate of drug-likeness (QED) is 0.347. The number of anilines is 1. The average molecular weight is 552 g/mol. The Morgan fingerprint density at radius 3 is 2.33 bits per heavy atom. The van der Waals surface area contributed by atoms with E-state index in [1.807, 2.05) is 63.2 Å². The van der Waals surface area contributed by atoms with Gasteiger partial charge in [0.05, 0.1) is 17.7 Å². The Bertz CT molecular complexity index is 1430. The normalized spacial score (nSPS) is 15.1. The van der Waals surface area contributed by atoms with Gasteiger partial charge in [0.2, 0.25) is 11.8 Å². The van der Waals surface area contributed by atoms with Crippen LogP contribution in [0.15, 0.2) is 65.6 Å². The Morgan fingerprint density at radius 1 is 1.00 bits per heavy atom. The summed E-state index contributed by atoms with van der Waals surface area (Å²) in [5.41, 5.74) is 1.52. The monoisotopic (exact) mass is 551 g/mol. The van der Waals surface area contributed by atoms with Crippen molar-refractivity contribution >= 4 is 38.3 Å². The lowest BCUT2D eigenvalue weighted by Crippen LogP contribution is -2.50. The maximum absolute atomic E-state index is 13.6. The summed E-state index contributed by atoms with van der Waals surface area (Å²) in [5, 5.41) is 4.61. The van der Waals surface area contributed by atoms with Gasteiger partial charge in [0.25, 0.3) is 10.0 Å². The van der Waals surface area contributed by atoms with E-state index < -0.39 is 16.1 Å². The number of rotatable bonds is 12. The number of methoxy groups -OCH3 is 1. The van der Waals surface area contributed by atoms with Crippen molar-refractivity contribution in [3.63, 3.8) is 0 Å². The number of amides is 2. The van der Waals surface area contributed by atoms with Crippen LogP contribution in [-0.4, -0.2) is 50.9 Å². The molecule has 9 heteroatoms. The maximum Gasteiger partial charge on any atom is 0.265 e. The molecule has 8 nitrogen and oxygen atoms in total. The van der Waals surface area contributed by atoms with E-state index in [-0.39, 0.29) is 37.4 Å². The Balaban J connectivity index is 1.52. The Hall–Kier alpha value is -3.59. The predicted octanol–water partition coefficient (Wildman–Crippen LogP) is 4.86. The van der Waals surface area contributed by atoms with Crippen LogP contribution in [0, 0.1) is 0 Å². The third-order valence-corrected chi connectivity index (χ3v) is 9.19. The third kappa shape index (κ3) is 5.88. The molecule has 0 aliphatic carbocycles. The van der Waals surface area contributed by atoms with Gasteiger partial charge in [0.1, 0.15) is 11.8 Å². The SMILES string of the molecule is CCC(C)NC(=O)C(CC)N(Cc1ccc(OC)cc1)C(=O)CCCN1c2cccc3cccc(c23)S1(=O)=O. The van der Waals surface area contributed by atoms with Gasteiger partial charge in [-0.05, 0) is 61.4 Å². The van der Waals surface area contributed by atoms with Crippen molar-refractivity contribution in [2.24, 2.45) is 0 Å². The van der Waals surface area contributed by atoms with Crippen LogP contribution in [0.1, 0.15) is 52.0 Å². The molecule has 2 unspecified atom stereocenters. The molecule has 2 amide bonds. The van der Waals surface area contributed by atoms with Crippen LogP contribution in [-0.2, 0) is 26.2 Å². The predicted molar refractivity (Wildman–Crippen MR) is 153 cm³/mol. The van der Waals surface area contributed by atoms with Crippen molar-refractivity contribution in [3.05, 3.63) is 66.2 Å². The van der Waals surface area contributed by atoms with Gasteiger partial charge >= 0.3 is 0 Å². The van der Waals surface area contributed by atoms with Crippen molar-refractivity contribution in [3.8, 4) is 5.75 Å². The van der Waals surface area contributed by atoms with Crippen LogP contribution >= 0.6 is 0 Å². The number of nitrogens with zero attached hydrogens (tertiary/aromatic N) is 2. The van der Waals surface area contributed by atoms with Gasteiger partial charge in [0, 0.05) is 30.9 Å². The molecule has 1 heterocycles. The van der Waals surface area contributed by atoms with Gasteiger partial charge in [-0.1, -0.05) is 50.2 Å². The lowest BCUT2D eigenvalue weighted by Gasteiger charge is -2.32. The van der Waals surface area contributed by atoms with Crippen LogP contribution in [0.4, 0.5) is 5.69 Å². The highest BCUT2D eigenvalue weighted by molar-refractivity contribution is 7.93. The number of carbonyl (C=O) groups is 2. The smallest absolute Gasteiger partial charge is 0.265 e. The number of nitrogens with one attached hydrogen (secondary N) is 1. The fourth-order valence-corrected chi connectivity index (χ4v) is 6.75. The van der Waals surface area contributed by atoms with E-state index in [1.54, 1.807) is 30.2 Å². The van der Waals surface area contributed by atoms with Gasteiger partial charge in [-0.2, -0.15) is 0 Å². The van der Waals surface area contributed by atoms with Gasteiger partial charge < -0.3 is 15.0 Å². The molecule has 4 rings (SSSR count). The molecule has 2 atom stereocenters. The highest BCUT2D eigenvalue weighted by Gasteiger charge is 2.35. The summed E-state index contributed by atoms with van der Waals surface area (Å²) in [6, 6.07) is 17.6. The average Bonchev–Trinajstić information content (AvgIpc) is 3.16. The van der Waals surface area contributed by atoms with Crippen LogP contribution < -0.4 is 14.4 Å². The summed E-state index contributed by atoms with van der Waals surface area (Å²) in [6.45, 7) is 6.27. The van der Waals surface area contributed by atoms with Gasteiger partial charge in [-0.15, -0.1) is 0 Å². The first-order chi connectivity index (χ1) is 18.7. The fraction of sp³-hybridized carbons (Fsp3) is 0.400. The molecule has 1 aliphatic rings. The van der Waals surface area contributed by atoms with E-state index in [0.29, 0.717) is 29.2 Å². The Kier molecular flexibility index (Phi) is 8.80. The Morgan fingerprint density at radius 2 is 1.69 bits per heavy atom. The van der Waals surface area contributed by atoms with Crippen LogP contribution in [0.3, 0.4) is 0 Å². The van der Waals surface area contributed by atoms with E-state index in [0.717, 1.165) is 22.8 Å². The zero-order valence-electron chi connectivity index (χ0n) is 23.0. The molecule has 208 valence electrons. The first kappa shape index (κ1) is 28.4. The first-order valence-corrected chi connectivity index (χ1v) is 14.9. The molecule has 3 aromatic carbocycles. The summed E-state index contributed by atoms with van der Waals surface area (Å²) in [7, 11) is -2.10. The number of carbonyl (C=O) groups excluding carboxylic acids is 2. The molecule has 1 aliphatic heterocycles. The summed E-state index contributed by atoms with van der Waals surface area (Å²) in [6.07, 6.45) is 1.68. The fourth-order valence-electron chi connectivity index (χ4n) is 5.00. The van der Waals surface area contributed by atoms with E-state index in [2.05, 4.69) is 5.32 Å². The molecule has 0 aromatic heterocycles. The third-order valence-electron chi connectivity index (χ3n) is 7.33. The van der Waals surface area contributed by atoms with E-state index >= 15 is 0 Å². The number of hydrogen-bond donors (Lipinski definition) is 1. The minimum Gasteiger partial charge on any atom is -0.497 e. The van der Waals surface area contributed by atoms with Gasteiger partial charge in [-0.3, -0.25) is 13.9 Å². The van der Waals surface area contributed by atoms with Crippen molar-refractivity contribution < 1.29 is 22.7 Å². The molecular weight excluding hydrogens is 514 g/mol. The summed E-state index contributed by atoms with van der Waals surface area (Å²) < 4.78 is 33.3. The van der Waals surface area contributed by atoms with Crippen molar-refractivity contribution in [1.82, 2.24) is 10.2 Å². The summed E-state index contributed by atoms with van der Waals surface area (Å²) in [5.74, 6) is 0.336. The molecule has 0 saturated carbocycles. The molecule has 0 fully saturated rings. The standard InChI is InChI=1S/C30H37N3O5S/c1-5-21(3)31-30(35)25(6-2)32(20-22-15-17-24(38-4)18-16-22)28(34)14-9-19-33-26-12-7-10-23-11-8-13-27(29(23)26)39(33,36)37/h7-8,10-13,15-18,21,25H,5-6,9,14,19-20H2,1-4H3,(H,31,35). The molecule has 0 bridgehead atoms. The van der Waals surface area contributed by atoms with Crippen molar-refractivity contribution in [2.75, 3.05) is 18.0 Å². The second-order valence-corrected chi connectivity index (χ2v) is 11.8. The number of hydrogen-bond acceptors (Lipinski definition) is 5. The van der Waals surface area contributed by atoms with Crippen LogP contribution in [0.2, 0.25) is 0 Å². The maximum atomic E-state index is 13.6. The van der Waals surface area contributed by atoms with Crippen LogP contribution in [0.25, 0.3) is 10.8 Å². The van der Waals surface area contributed by atoms with Gasteiger partial charge in [-0.25, -0.2) is 8.42 Å². The topological polar surface area (TPSA) is 96.0 Å².